The zero-order valence-corrected chi connectivity index (χ0v) is 15.3. The Morgan fingerprint density at radius 2 is 1.57 bits per heavy atom. The van der Waals surface area contributed by atoms with Crippen LogP contribution in [0.1, 0.15) is 80.1 Å². The normalized spacial score (nSPS) is 26.9. The lowest BCUT2D eigenvalue weighted by Gasteiger charge is -2.27. The van der Waals surface area contributed by atoms with Crippen molar-refractivity contribution >= 4 is 10.0 Å². The van der Waals surface area contributed by atoms with Gasteiger partial charge in [0.1, 0.15) is 0 Å². The molecule has 3 atom stereocenters. The van der Waals surface area contributed by atoms with Crippen molar-refractivity contribution in [3.05, 3.63) is 0 Å². The van der Waals surface area contributed by atoms with Crippen LogP contribution >= 0.6 is 0 Å². The molecule has 0 bridgehead atoms. The third kappa shape index (κ3) is 3.62. The molecule has 4 nitrogen and oxygen atoms in total. The first-order valence-corrected chi connectivity index (χ1v) is 9.76. The maximum atomic E-state index is 12.8. The summed E-state index contributed by atoms with van der Waals surface area (Å²) in [6.45, 7) is 11.2. The van der Waals surface area contributed by atoms with E-state index in [1.165, 1.54) is 0 Å². The topological polar surface area (TPSA) is 57.4 Å². The highest BCUT2D eigenvalue weighted by Crippen LogP contribution is 2.47. The number of rotatable bonds is 8. The van der Waals surface area contributed by atoms with Crippen molar-refractivity contribution in [2.45, 2.75) is 102 Å². The second kappa shape index (κ2) is 6.55. The Balaban J connectivity index is 2.99. The molecule has 0 saturated carbocycles. The highest BCUT2D eigenvalue weighted by molar-refractivity contribution is 7.90. The van der Waals surface area contributed by atoms with Gasteiger partial charge in [0.2, 0.25) is 10.0 Å². The van der Waals surface area contributed by atoms with Crippen molar-refractivity contribution in [1.82, 2.24) is 4.31 Å². The minimum absolute atomic E-state index is 0.0225. The number of unbranched alkanes of at least 4 members (excludes halogenated alkanes) is 2. The van der Waals surface area contributed by atoms with Gasteiger partial charge in [-0.3, -0.25) is 0 Å². The van der Waals surface area contributed by atoms with Gasteiger partial charge in [0.25, 0.3) is 0 Å². The zero-order chi connectivity index (χ0) is 16.5. The molecule has 1 aliphatic heterocycles. The summed E-state index contributed by atoms with van der Waals surface area (Å²) in [6, 6.07) is -0.265. The van der Waals surface area contributed by atoms with Gasteiger partial charge in [-0.25, -0.2) is 8.42 Å². The Kier molecular flexibility index (Phi) is 5.90. The van der Waals surface area contributed by atoms with Crippen molar-refractivity contribution in [3.63, 3.8) is 0 Å². The minimum Gasteiger partial charge on any atom is -0.388 e. The third-order valence-corrected chi connectivity index (χ3v) is 7.41. The van der Waals surface area contributed by atoms with Crippen LogP contribution in [-0.4, -0.2) is 40.3 Å². The van der Waals surface area contributed by atoms with Gasteiger partial charge in [-0.05, 0) is 40.0 Å². The molecule has 1 fully saturated rings. The van der Waals surface area contributed by atoms with Crippen LogP contribution in [0.2, 0.25) is 0 Å². The molecule has 0 aromatic heterocycles. The van der Waals surface area contributed by atoms with E-state index in [-0.39, 0.29) is 12.1 Å². The molecule has 1 N–H and O–H groups in total. The molecular weight excluding hydrogens is 286 g/mol. The SMILES string of the molecule is CCCCCC1C(C(O)(CC)CC)N1S(=O)(=O)C(C)(C)C. The van der Waals surface area contributed by atoms with Crippen molar-refractivity contribution in [2.24, 2.45) is 0 Å². The molecule has 126 valence electrons. The number of nitrogens with zero attached hydrogens (tertiary/aromatic N) is 1. The van der Waals surface area contributed by atoms with Gasteiger partial charge >= 0.3 is 0 Å². The summed E-state index contributed by atoms with van der Waals surface area (Å²) in [5.41, 5.74) is -0.894. The second-order valence-corrected chi connectivity index (χ2v) is 9.86. The van der Waals surface area contributed by atoms with Crippen LogP contribution in [0, 0.1) is 0 Å². The fraction of sp³-hybridized carbons (Fsp3) is 1.00. The molecule has 1 heterocycles. The summed E-state index contributed by atoms with van der Waals surface area (Å²) in [7, 11) is -3.37. The van der Waals surface area contributed by atoms with Crippen LogP contribution in [-0.2, 0) is 10.0 Å². The van der Waals surface area contributed by atoms with E-state index in [2.05, 4.69) is 6.92 Å². The standard InChI is InChI=1S/C16H33NO3S/c1-7-10-11-12-13-14(16(18,8-2)9-3)17(13)21(19,20)15(4,5)6/h13-14,18H,7-12H2,1-6H3. The highest BCUT2D eigenvalue weighted by atomic mass is 32.2. The fourth-order valence-corrected chi connectivity index (χ4v) is 4.84. The van der Waals surface area contributed by atoms with Gasteiger partial charge in [-0.1, -0.05) is 40.0 Å². The Hall–Kier alpha value is -0.130. The lowest BCUT2D eigenvalue weighted by atomic mass is 9.90. The monoisotopic (exact) mass is 319 g/mol. The molecule has 0 aromatic carbocycles. The van der Waals surface area contributed by atoms with E-state index in [0.29, 0.717) is 12.8 Å². The quantitative estimate of drug-likeness (QED) is 0.551. The van der Waals surface area contributed by atoms with Gasteiger partial charge in [0, 0.05) is 6.04 Å². The van der Waals surface area contributed by atoms with Crippen molar-refractivity contribution in [1.29, 1.82) is 0 Å². The summed E-state index contributed by atoms with van der Waals surface area (Å²) >= 11 is 0. The number of sulfonamides is 1. The Bertz CT molecular complexity index is 435. The summed E-state index contributed by atoms with van der Waals surface area (Å²) in [4.78, 5) is 0. The average Bonchev–Trinajstić information content (AvgIpc) is 3.12. The van der Waals surface area contributed by atoms with Gasteiger partial charge < -0.3 is 5.11 Å². The van der Waals surface area contributed by atoms with Crippen LogP contribution < -0.4 is 0 Å². The van der Waals surface area contributed by atoms with E-state index in [9.17, 15) is 13.5 Å². The van der Waals surface area contributed by atoms with Crippen LogP contribution in [0.25, 0.3) is 0 Å². The van der Waals surface area contributed by atoms with Gasteiger partial charge in [0.15, 0.2) is 0 Å². The zero-order valence-electron chi connectivity index (χ0n) is 14.5. The van der Waals surface area contributed by atoms with E-state index in [4.69, 9.17) is 0 Å². The number of aliphatic hydroxyl groups is 1. The second-order valence-electron chi connectivity index (χ2n) is 7.27. The predicted octanol–water partition coefficient (Wildman–Crippen LogP) is 3.30. The molecule has 21 heavy (non-hydrogen) atoms. The Morgan fingerprint density at radius 1 is 1.05 bits per heavy atom. The fourth-order valence-electron chi connectivity index (χ4n) is 3.05. The van der Waals surface area contributed by atoms with E-state index in [1.54, 1.807) is 25.1 Å². The molecule has 1 aliphatic rings. The maximum absolute atomic E-state index is 12.8. The summed E-state index contributed by atoms with van der Waals surface area (Å²) in [5.74, 6) is 0. The molecule has 0 aliphatic carbocycles. The molecule has 5 heteroatoms. The molecule has 0 spiro atoms. The molecule has 1 rings (SSSR count). The molecule has 0 radical (unpaired) electrons. The molecule has 1 saturated heterocycles. The summed E-state index contributed by atoms with van der Waals surface area (Å²) in [5, 5.41) is 10.8. The van der Waals surface area contributed by atoms with Crippen LogP contribution in [0.5, 0.6) is 0 Å². The van der Waals surface area contributed by atoms with Crippen LogP contribution in [0.4, 0.5) is 0 Å². The molecular formula is C16H33NO3S. The van der Waals surface area contributed by atoms with Gasteiger partial charge in [-0.15, -0.1) is 0 Å². The minimum atomic E-state index is -3.37. The van der Waals surface area contributed by atoms with Gasteiger partial charge in [-0.2, -0.15) is 4.31 Å². The Labute approximate surface area is 131 Å². The first kappa shape index (κ1) is 18.9. The van der Waals surface area contributed by atoms with E-state index >= 15 is 0 Å². The smallest absolute Gasteiger partial charge is 0.219 e. The van der Waals surface area contributed by atoms with Crippen molar-refractivity contribution in [3.8, 4) is 0 Å². The van der Waals surface area contributed by atoms with Crippen LogP contribution in [0.15, 0.2) is 0 Å². The molecule has 0 amide bonds. The van der Waals surface area contributed by atoms with E-state index in [0.717, 1.165) is 25.7 Å². The molecule has 3 unspecified atom stereocenters. The lowest BCUT2D eigenvalue weighted by molar-refractivity contribution is 0.0230. The average molecular weight is 320 g/mol. The number of hydrogen-bond acceptors (Lipinski definition) is 3. The van der Waals surface area contributed by atoms with Crippen molar-refractivity contribution in [2.75, 3.05) is 0 Å². The van der Waals surface area contributed by atoms with Crippen molar-refractivity contribution < 1.29 is 13.5 Å². The van der Waals surface area contributed by atoms with E-state index < -0.39 is 20.4 Å². The van der Waals surface area contributed by atoms with Gasteiger partial charge in [0.05, 0.1) is 16.4 Å². The first-order chi connectivity index (χ1) is 9.56. The highest BCUT2D eigenvalue weighted by Gasteiger charge is 2.64. The lowest BCUT2D eigenvalue weighted by Crippen LogP contribution is -2.41. The summed E-state index contributed by atoms with van der Waals surface area (Å²) in [6.07, 6.45) is 5.30. The predicted molar refractivity (Wildman–Crippen MR) is 87.8 cm³/mol. The largest absolute Gasteiger partial charge is 0.388 e. The Morgan fingerprint density at radius 3 is 1.95 bits per heavy atom. The number of hydrogen-bond donors (Lipinski definition) is 1. The molecule has 0 aromatic rings. The third-order valence-electron chi connectivity index (χ3n) is 4.81. The first-order valence-electron chi connectivity index (χ1n) is 8.32. The van der Waals surface area contributed by atoms with E-state index in [1.807, 2.05) is 13.8 Å². The summed E-state index contributed by atoms with van der Waals surface area (Å²) < 4.78 is 26.3. The van der Waals surface area contributed by atoms with Crippen LogP contribution in [0.3, 0.4) is 0 Å². The maximum Gasteiger partial charge on any atom is 0.219 e.